The van der Waals surface area contributed by atoms with Gasteiger partial charge in [-0.2, -0.15) is 0 Å². The average molecular weight is 393 g/mol. The van der Waals surface area contributed by atoms with Crippen LogP contribution in [0.2, 0.25) is 5.02 Å². The summed E-state index contributed by atoms with van der Waals surface area (Å²) >= 11 is 6.56. The molecule has 28 heavy (non-hydrogen) atoms. The number of nitrogens with two attached hydrogens (primary N) is 1. The van der Waals surface area contributed by atoms with E-state index >= 15 is 0 Å². The van der Waals surface area contributed by atoms with Gasteiger partial charge in [0, 0.05) is 41.0 Å². The Labute approximate surface area is 168 Å². The van der Waals surface area contributed by atoms with Gasteiger partial charge < -0.3 is 11.1 Å². The predicted octanol–water partition coefficient (Wildman–Crippen LogP) is 4.83. The molecule has 0 spiro atoms. The lowest BCUT2D eigenvalue weighted by Gasteiger charge is -2.13. The number of hydrogen-bond acceptors (Lipinski definition) is 4. The Hall–Kier alpha value is -2.66. The Kier molecular flexibility index (Phi) is 4.02. The zero-order valence-corrected chi connectivity index (χ0v) is 16.3. The van der Waals surface area contributed by atoms with Crippen molar-refractivity contribution in [2.75, 3.05) is 11.1 Å². The van der Waals surface area contributed by atoms with E-state index in [0.29, 0.717) is 28.4 Å². The molecule has 6 heteroatoms. The normalized spacial score (nSPS) is 22.9. The molecule has 2 heterocycles. The van der Waals surface area contributed by atoms with E-state index in [-0.39, 0.29) is 11.8 Å². The number of nitrogens with zero attached hydrogens (tertiary/aromatic N) is 2. The van der Waals surface area contributed by atoms with Gasteiger partial charge in [0.1, 0.15) is 5.82 Å². The van der Waals surface area contributed by atoms with Crippen LogP contribution in [-0.4, -0.2) is 15.9 Å². The number of benzene rings is 1. The molecule has 142 valence electrons. The Balaban J connectivity index is 1.51. The molecule has 5 nitrogen and oxygen atoms in total. The van der Waals surface area contributed by atoms with Crippen LogP contribution >= 0.6 is 11.6 Å². The van der Waals surface area contributed by atoms with Gasteiger partial charge in [-0.15, -0.1) is 0 Å². The van der Waals surface area contributed by atoms with E-state index in [1.54, 1.807) is 18.6 Å². The largest absolute Gasteiger partial charge is 0.397 e. The summed E-state index contributed by atoms with van der Waals surface area (Å²) in [4.78, 5) is 21.2. The monoisotopic (exact) mass is 392 g/mol. The van der Waals surface area contributed by atoms with Gasteiger partial charge in [0.25, 0.3) is 0 Å². The van der Waals surface area contributed by atoms with Crippen molar-refractivity contribution in [2.24, 2.45) is 17.8 Å². The second-order valence-corrected chi connectivity index (χ2v) is 8.28. The lowest BCUT2D eigenvalue weighted by molar-refractivity contribution is -0.118. The SMILES string of the molecule is Cc1ccncc1-c1cc2cc(NC(=O)C3[C@H]4CCC[C@@H]34)ncc2c(N)c1Cl. The molecule has 5 rings (SSSR count). The summed E-state index contributed by atoms with van der Waals surface area (Å²) in [5.74, 6) is 1.96. The van der Waals surface area contributed by atoms with Crippen LogP contribution in [0.3, 0.4) is 0 Å². The van der Waals surface area contributed by atoms with Gasteiger partial charge >= 0.3 is 0 Å². The van der Waals surface area contributed by atoms with Crippen LogP contribution in [0.1, 0.15) is 24.8 Å². The van der Waals surface area contributed by atoms with Crippen LogP contribution in [0.4, 0.5) is 11.5 Å². The first-order valence-corrected chi connectivity index (χ1v) is 10.0. The first-order chi connectivity index (χ1) is 13.5. The lowest BCUT2D eigenvalue weighted by Crippen LogP contribution is -2.17. The molecule has 2 saturated carbocycles. The summed E-state index contributed by atoms with van der Waals surface area (Å²) in [6.45, 7) is 2.01. The molecule has 1 aromatic carbocycles. The molecule has 1 amide bonds. The Bertz CT molecular complexity index is 1100. The third kappa shape index (κ3) is 2.73. The van der Waals surface area contributed by atoms with Crippen molar-refractivity contribution in [3.05, 3.63) is 47.4 Å². The Morgan fingerprint density at radius 1 is 1.21 bits per heavy atom. The molecule has 0 aliphatic heterocycles. The number of halogens is 1. The molecular formula is C22H21ClN4O. The fraction of sp³-hybridized carbons (Fsp3) is 0.318. The summed E-state index contributed by atoms with van der Waals surface area (Å²) in [5, 5.41) is 5.15. The van der Waals surface area contributed by atoms with Crippen LogP contribution in [0, 0.1) is 24.7 Å². The first kappa shape index (κ1) is 17.4. The van der Waals surface area contributed by atoms with Crippen molar-refractivity contribution in [3.8, 4) is 11.1 Å². The van der Waals surface area contributed by atoms with Crippen molar-refractivity contribution in [1.82, 2.24) is 9.97 Å². The highest BCUT2D eigenvalue weighted by molar-refractivity contribution is 6.37. The quantitative estimate of drug-likeness (QED) is 0.626. The number of nitrogens with one attached hydrogen (secondary N) is 1. The van der Waals surface area contributed by atoms with Gasteiger partial charge in [-0.25, -0.2) is 4.98 Å². The molecule has 3 N–H and O–H groups in total. The number of anilines is 2. The molecule has 0 saturated heterocycles. The standard InChI is InChI=1S/C22H21ClN4O/c1-11-5-6-25-9-16(11)15-7-12-8-18(26-10-17(12)21(24)20(15)23)27-22(28)19-13-3-2-4-14(13)19/h5-10,13-14,19H,2-4,24H2,1H3,(H,26,27,28)/t13-,14+,19?. The molecule has 2 aliphatic rings. The van der Waals surface area contributed by atoms with E-state index in [0.717, 1.165) is 27.5 Å². The molecular weight excluding hydrogens is 372 g/mol. The van der Waals surface area contributed by atoms with Gasteiger partial charge in [-0.1, -0.05) is 18.0 Å². The zero-order chi connectivity index (χ0) is 19.4. The van der Waals surface area contributed by atoms with Crippen LogP contribution in [0.15, 0.2) is 36.8 Å². The molecule has 2 aliphatic carbocycles. The number of rotatable bonds is 3. The topological polar surface area (TPSA) is 80.9 Å². The predicted molar refractivity (Wildman–Crippen MR) is 112 cm³/mol. The van der Waals surface area contributed by atoms with E-state index in [9.17, 15) is 4.79 Å². The highest BCUT2D eigenvalue weighted by Gasteiger charge is 2.56. The summed E-state index contributed by atoms with van der Waals surface area (Å²) in [6, 6.07) is 5.80. The van der Waals surface area contributed by atoms with Crippen molar-refractivity contribution >= 4 is 39.8 Å². The summed E-state index contributed by atoms with van der Waals surface area (Å²) in [5.41, 5.74) is 9.62. The lowest BCUT2D eigenvalue weighted by atomic mass is 9.99. The van der Waals surface area contributed by atoms with Crippen molar-refractivity contribution in [1.29, 1.82) is 0 Å². The number of carbonyl (C=O) groups excluding carboxylic acids is 1. The highest BCUT2D eigenvalue weighted by atomic mass is 35.5. The molecule has 2 aromatic heterocycles. The zero-order valence-electron chi connectivity index (χ0n) is 15.6. The van der Waals surface area contributed by atoms with E-state index in [1.807, 2.05) is 25.1 Å². The third-order valence-corrected chi connectivity index (χ3v) is 6.70. The van der Waals surface area contributed by atoms with E-state index in [2.05, 4.69) is 15.3 Å². The molecule has 3 aromatic rings. The first-order valence-electron chi connectivity index (χ1n) is 9.64. The van der Waals surface area contributed by atoms with Gasteiger partial charge in [0.15, 0.2) is 0 Å². The van der Waals surface area contributed by atoms with E-state index in [4.69, 9.17) is 17.3 Å². The summed E-state index contributed by atoms with van der Waals surface area (Å²) in [7, 11) is 0. The molecule has 0 bridgehead atoms. The number of pyridine rings is 2. The van der Waals surface area contributed by atoms with Gasteiger partial charge in [0.2, 0.25) is 5.91 Å². The van der Waals surface area contributed by atoms with Crippen LogP contribution in [-0.2, 0) is 4.79 Å². The minimum atomic E-state index is 0.0896. The van der Waals surface area contributed by atoms with Gasteiger partial charge in [-0.05, 0) is 60.7 Å². The molecule has 2 fully saturated rings. The Morgan fingerprint density at radius 2 is 2.00 bits per heavy atom. The second-order valence-electron chi connectivity index (χ2n) is 7.91. The van der Waals surface area contributed by atoms with Crippen molar-refractivity contribution in [3.63, 3.8) is 0 Å². The highest BCUT2D eigenvalue weighted by Crippen LogP contribution is 2.57. The van der Waals surface area contributed by atoms with Gasteiger partial charge in [-0.3, -0.25) is 9.78 Å². The minimum absolute atomic E-state index is 0.0896. The average Bonchev–Trinajstić information content (AvgIpc) is 3.18. The molecule has 3 atom stereocenters. The van der Waals surface area contributed by atoms with Gasteiger partial charge in [0.05, 0.1) is 10.7 Å². The fourth-order valence-corrected chi connectivity index (χ4v) is 4.99. The summed E-state index contributed by atoms with van der Waals surface area (Å²) < 4.78 is 0. The number of aryl methyl sites for hydroxylation is 1. The molecule has 0 radical (unpaired) electrons. The second kappa shape index (κ2) is 6.45. The maximum Gasteiger partial charge on any atom is 0.229 e. The smallest absolute Gasteiger partial charge is 0.229 e. The maximum absolute atomic E-state index is 12.6. The number of hydrogen-bond donors (Lipinski definition) is 2. The van der Waals surface area contributed by atoms with Crippen LogP contribution in [0.5, 0.6) is 0 Å². The summed E-state index contributed by atoms with van der Waals surface area (Å²) in [6.07, 6.45) is 8.83. The van der Waals surface area contributed by atoms with E-state index in [1.165, 1.54) is 19.3 Å². The van der Waals surface area contributed by atoms with Crippen molar-refractivity contribution < 1.29 is 4.79 Å². The number of carbonyl (C=O) groups is 1. The number of nitrogen functional groups attached to an aromatic ring is 1. The van der Waals surface area contributed by atoms with E-state index < -0.39 is 0 Å². The number of aromatic nitrogens is 2. The maximum atomic E-state index is 12.6. The van der Waals surface area contributed by atoms with Crippen molar-refractivity contribution in [2.45, 2.75) is 26.2 Å². The molecule has 1 unspecified atom stereocenters. The number of amides is 1. The number of fused-ring (bicyclic) bond motifs is 2. The fourth-order valence-electron chi connectivity index (χ4n) is 4.73. The van der Waals surface area contributed by atoms with Crippen LogP contribution < -0.4 is 11.1 Å². The minimum Gasteiger partial charge on any atom is -0.397 e. The van der Waals surface area contributed by atoms with Crippen LogP contribution in [0.25, 0.3) is 21.9 Å². The third-order valence-electron chi connectivity index (χ3n) is 6.29. The Morgan fingerprint density at radius 3 is 2.75 bits per heavy atom.